The molecule has 0 aliphatic carbocycles. The third kappa shape index (κ3) is 4.85. The Morgan fingerprint density at radius 3 is 2.59 bits per heavy atom. The van der Waals surface area contributed by atoms with Gasteiger partial charge in [0, 0.05) is 62.9 Å². The molecule has 7 nitrogen and oxygen atoms in total. The average Bonchev–Trinajstić information content (AvgIpc) is 3.37. The second kappa shape index (κ2) is 8.24. The second-order valence-corrected chi connectivity index (χ2v) is 9.31. The molecule has 1 N–H and O–H groups in total. The third-order valence-electron chi connectivity index (χ3n) is 5.66. The largest absolute Gasteiger partial charge is 0.339 e. The van der Waals surface area contributed by atoms with E-state index in [1.54, 1.807) is 0 Å². The quantitative estimate of drug-likeness (QED) is 0.854. The molecule has 156 valence electrons. The van der Waals surface area contributed by atoms with Crippen LogP contribution in [0.15, 0.2) is 28.8 Å². The van der Waals surface area contributed by atoms with Crippen molar-refractivity contribution >= 4 is 5.91 Å². The van der Waals surface area contributed by atoms with Gasteiger partial charge in [-0.1, -0.05) is 38.1 Å². The van der Waals surface area contributed by atoms with Crippen LogP contribution < -0.4 is 5.32 Å². The van der Waals surface area contributed by atoms with Gasteiger partial charge in [-0.15, -0.1) is 0 Å². The number of benzene rings is 1. The Morgan fingerprint density at radius 2 is 1.90 bits per heavy atom. The number of nitrogens with one attached hydrogen (secondary N) is 1. The molecule has 2 aliphatic rings. The smallest absolute Gasteiger partial charge is 0.253 e. The molecule has 1 atom stereocenters. The number of rotatable bonds is 4. The molecule has 0 saturated carbocycles. The fourth-order valence-corrected chi connectivity index (χ4v) is 4.11. The van der Waals surface area contributed by atoms with Crippen LogP contribution >= 0.6 is 0 Å². The third-order valence-corrected chi connectivity index (χ3v) is 5.66. The van der Waals surface area contributed by atoms with Gasteiger partial charge in [-0.3, -0.25) is 9.69 Å². The van der Waals surface area contributed by atoms with Gasteiger partial charge in [0.2, 0.25) is 11.7 Å². The molecule has 2 aliphatic heterocycles. The number of piperazine rings is 1. The number of carbonyl (C=O) groups excluding carboxylic acids is 1. The van der Waals surface area contributed by atoms with Gasteiger partial charge in [-0.05, 0) is 24.0 Å². The second-order valence-electron chi connectivity index (χ2n) is 9.31. The molecule has 1 aromatic heterocycles. The van der Waals surface area contributed by atoms with Gasteiger partial charge in [-0.25, -0.2) is 0 Å². The van der Waals surface area contributed by atoms with Crippen molar-refractivity contribution in [2.75, 3.05) is 39.3 Å². The van der Waals surface area contributed by atoms with Gasteiger partial charge >= 0.3 is 0 Å². The summed E-state index contributed by atoms with van der Waals surface area (Å²) in [4.78, 5) is 21.9. The van der Waals surface area contributed by atoms with Crippen molar-refractivity contribution in [3.8, 4) is 11.4 Å². The van der Waals surface area contributed by atoms with Crippen molar-refractivity contribution in [3.63, 3.8) is 0 Å². The normalized spacial score (nSPS) is 20.9. The molecule has 7 heteroatoms. The van der Waals surface area contributed by atoms with E-state index < -0.39 is 0 Å². The van der Waals surface area contributed by atoms with Crippen LogP contribution in [0, 0.1) is 5.41 Å². The van der Waals surface area contributed by atoms with Crippen molar-refractivity contribution in [3.05, 3.63) is 35.7 Å². The fourth-order valence-electron chi connectivity index (χ4n) is 4.11. The molecular formula is C22H31N5O2. The first-order valence-corrected chi connectivity index (χ1v) is 10.6. The Morgan fingerprint density at radius 1 is 1.17 bits per heavy atom. The van der Waals surface area contributed by atoms with E-state index in [2.05, 4.69) is 41.1 Å². The lowest BCUT2D eigenvalue weighted by Gasteiger charge is -2.32. The average molecular weight is 398 g/mol. The van der Waals surface area contributed by atoms with Crippen molar-refractivity contribution in [1.82, 2.24) is 25.3 Å². The minimum Gasteiger partial charge on any atom is -0.339 e. The summed E-state index contributed by atoms with van der Waals surface area (Å²) < 4.78 is 5.38. The summed E-state index contributed by atoms with van der Waals surface area (Å²) in [6.07, 6.45) is 1.79. The number of nitrogens with zero attached hydrogens (tertiary/aromatic N) is 4. The maximum atomic E-state index is 12.9. The predicted octanol–water partition coefficient (Wildman–Crippen LogP) is 2.44. The highest BCUT2D eigenvalue weighted by Gasteiger charge is 2.31. The summed E-state index contributed by atoms with van der Waals surface area (Å²) in [5.41, 5.74) is 1.68. The SMILES string of the molecule is CC(C)(C)Cc1nc(-c2ccc(C(=O)N3CCC(N4CCNCC4)C3)cc2)no1. The minimum absolute atomic E-state index is 0.0956. The summed E-state index contributed by atoms with van der Waals surface area (Å²) in [5, 5.41) is 7.48. The monoisotopic (exact) mass is 397 g/mol. The lowest BCUT2D eigenvalue weighted by atomic mass is 9.92. The number of hydrogen-bond donors (Lipinski definition) is 1. The molecule has 0 spiro atoms. The number of aromatic nitrogens is 2. The number of carbonyl (C=O) groups is 1. The Balaban J connectivity index is 1.38. The number of amides is 1. The van der Waals surface area contributed by atoms with Crippen LogP contribution in [0.5, 0.6) is 0 Å². The first-order chi connectivity index (χ1) is 13.9. The van der Waals surface area contributed by atoms with E-state index in [9.17, 15) is 4.79 Å². The lowest BCUT2D eigenvalue weighted by Crippen LogP contribution is -2.49. The summed E-state index contributed by atoms with van der Waals surface area (Å²) >= 11 is 0. The Hall–Kier alpha value is -2.25. The van der Waals surface area contributed by atoms with Crippen LogP contribution in [0.4, 0.5) is 0 Å². The molecule has 0 radical (unpaired) electrons. The van der Waals surface area contributed by atoms with Crippen LogP contribution in [0.1, 0.15) is 43.4 Å². The van der Waals surface area contributed by atoms with Gasteiger partial charge < -0.3 is 14.7 Å². The van der Waals surface area contributed by atoms with E-state index in [1.807, 2.05) is 29.2 Å². The highest BCUT2D eigenvalue weighted by Crippen LogP contribution is 2.23. The Bertz CT molecular complexity index is 834. The molecule has 1 amide bonds. The van der Waals surface area contributed by atoms with E-state index >= 15 is 0 Å². The number of likely N-dealkylation sites (tertiary alicyclic amines) is 1. The van der Waals surface area contributed by atoms with E-state index in [1.165, 1.54) is 0 Å². The molecule has 2 aromatic rings. The summed E-state index contributed by atoms with van der Waals surface area (Å²) in [5.74, 6) is 1.32. The van der Waals surface area contributed by atoms with Gasteiger partial charge in [-0.2, -0.15) is 4.98 Å². The van der Waals surface area contributed by atoms with Gasteiger partial charge in [0.05, 0.1) is 0 Å². The summed E-state index contributed by atoms with van der Waals surface area (Å²) in [6.45, 7) is 12.3. The van der Waals surface area contributed by atoms with Crippen LogP contribution in [0.25, 0.3) is 11.4 Å². The first kappa shape index (κ1) is 20.0. The highest BCUT2D eigenvalue weighted by molar-refractivity contribution is 5.94. The predicted molar refractivity (Wildman–Crippen MR) is 112 cm³/mol. The summed E-state index contributed by atoms with van der Waals surface area (Å²) in [6, 6.07) is 8.04. The van der Waals surface area contributed by atoms with Gasteiger partial charge in [0.15, 0.2) is 0 Å². The van der Waals surface area contributed by atoms with E-state index in [4.69, 9.17) is 4.52 Å². The molecule has 1 aromatic carbocycles. The molecular weight excluding hydrogens is 366 g/mol. The van der Waals surface area contributed by atoms with Crippen LogP contribution in [0.2, 0.25) is 0 Å². The molecule has 1 unspecified atom stereocenters. The van der Waals surface area contributed by atoms with E-state index in [-0.39, 0.29) is 11.3 Å². The van der Waals surface area contributed by atoms with Crippen molar-refractivity contribution in [2.24, 2.45) is 5.41 Å². The number of hydrogen-bond acceptors (Lipinski definition) is 6. The Labute approximate surface area is 172 Å². The van der Waals surface area contributed by atoms with Gasteiger partial charge in [0.25, 0.3) is 5.91 Å². The van der Waals surface area contributed by atoms with Crippen molar-refractivity contribution in [1.29, 1.82) is 0 Å². The zero-order valence-electron chi connectivity index (χ0n) is 17.6. The zero-order chi connectivity index (χ0) is 20.4. The summed E-state index contributed by atoms with van der Waals surface area (Å²) in [7, 11) is 0. The maximum Gasteiger partial charge on any atom is 0.253 e. The molecule has 3 heterocycles. The molecule has 4 rings (SSSR count). The van der Waals surface area contributed by atoms with Crippen molar-refractivity contribution in [2.45, 2.75) is 39.7 Å². The van der Waals surface area contributed by atoms with Crippen LogP contribution in [-0.2, 0) is 6.42 Å². The Kier molecular flexibility index (Phi) is 5.69. The maximum absolute atomic E-state index is 12.9. The molecule has 2 fully saturated rings. The van der Waals surface area contributed by atoms with Crippen LogP contribution in [-0.4, -0.2) is 71.2 Å². The van der Waals surface area contributed by atoms with Crippen molar-refractivity contribution < 1.29 is 9.32 Å². The van der Waals surface area contributed by atoms with E-state index in [0.717, 1.165) is 57.7 Å². The lowest BCUT2D eigenvalue weighted by molar-refractivity contribution is 0.0773. The highest BCUT2D eigenvalue weighted by atomic mass is 16.5. The first-order valence-electron chi connectivity index (χ1n) is 10.6. The minimum atomic E-state index is 0.0956. The van der Waals surface area contributed by atoms with E-state index in [0.29, 0.717) is 23.3 Å². The molecule has 29 heavy (non-hydrogen) atoms. The molecule has 0 bridgehead atoms. The van der Waals surface area contributed by atoms with Gasteiger partial charge in [0.1, 0.15) is 0 Å². The standard InChI is InChI=1S/C22H31N5O2/c1-22(2,3)14-19-24-20(25-29-19)16-4-6-17(7-5-16)21(28)27-11-8-18(15-27)26-12-9-23-10-13-26/h4-7,18,23H,8-15H2,1-3H3. The van der Waals surface area contributed by atoms with Crippen LogP contribution in [0.3, 0.4) is 0 Å². The fraction of sp³-hybridized carbons (Fsp3) is 0.591. The molecule has 2 saturated heterocycles. The topological polar surface area (TPSA) is 74.5 Å². The zero-order valence-corrected chi connectivity index (χ0v) is 17.6.